The number of alkyl halides is 3. The number of thiophene rings is 1. The topological polar surface area (TPSA) is 102 Å². The summed E-state index contributed by atoms with van der Waals surface area (Å²) in [6.45, 7) is 2.60. The Morgan fingerprint density at radius 3 is 2.52 bits per heavy atom. The third-order valence-corrected chi connectivity index (χ3v) is 5.55. The largest absolute Gasteiger partial charge is 0.453 e. The number of anilines is 1. The van der Waals surface area contributed by atoms with Gasteiger partial charge in [0, 0.05) is 31.1 Å². The van der Waals surface area contributed by atoms with Gasteiger partial charge in [0.15, 0.2) is 6.61 Å². The second kappa shape index (κ2) is 8.39. The lowest BCUT2D eigenvalue weighted by molar-refractivity contribution is -0.161. The van der Waals surface area contributed by atoms with Crippen molar-refractivity contribution in [3.05, 3.63) is 10.9 Å². The number of piperazine rings is 1. The standard InChI is InChI=1S/C17H20F3N5O3S/c1-2-10-7-11-14(22-16(23-15(11)29-10)28-9-12(21)26)25-5-3-24(4-6-25)13(27)8-17(18,19)20/h7H,2-6,8-9H2,1H3,(H2,21,26). The molecule has 0 radical (unpaired) electrons. The Bertz CT molecular complexity index is 910. The summed E-state index contributed by atoms with van der Waals surface area (Å²) in [7, 11) is 0. The first-order valence-corrected chi connectivity index (χ1v) is 9.79. The first-order valence-electron chi connectivity index (χ1n) is 8.97. The van der Waals surface area contributed by atoms with Crippen molar-refractivity contribution in [2.45, 2.75) is 25.9 Å². The Labute approximate surface area is 168 Å². The second-order valence-electron chi connectivity index (χ2n) is 6.53. The molecule has 0 aromatic carbocycles. The first-order chi connectivity index (χ1) is 13.7. The highest BCUT2D eigenvalue weighted by Crippen LogP contribution is 2.33. The SMILES string of the molecule is CCc1cc2c(N3CCN(C(=O)CC(F)(F)F)CC3)nc(OCC(N)=O)nc2s1. The number of carbonyl (C=O) groups excluding carboxylic acids is 2. The number of fused-ring (bicyclic) bond motifs is 1. The van der Waals surface area contributed by atoms with Crippen LogP contribution in [0.15, 0.2) is 6.07 Å². The molecule has 12 heteroatoms. The predicted molar refractivity (Wildman–Crippen MR) is 101 cm³/mol. The fourth-order valence-electron chi connectivity index (χ4n) is 3.00. The van der Waals surface area contributed by atoms with E-state index in [1.165, 1.54) is 16.2 Å². The van der Waals surface area contributed by atoms with Gasteiger partial charge in [0.1, 0.15) is 17.1 Å². The Kier molecular flexibility index (Phi) is 6.10. The number of carbonyl (C=O) groups is 2. The molecule has 1 aliphatic rings. The lowest BCUT2D eigenvalue weighted by Gasteiger charge is -2.35. The van der Waals surface area contributed by atoms with Gasteiger partial charge in [-0.3, -0.25) is 9.59 Å². The minimum Gasteiger partial charge on any atom is -0.453 e. The van der Waals surface area contributed by atoms with Gasteiger partial charge in [0.2, 0.25) is 5.91 Å². The Hall–Kier alpha value is -2.63. The Morgan fingerprint density at radius 1 is 1.24 bits per heavy atom. The maximum Gasteiger partial charge on any atom is 0.397 e. The number of primary amides is 1. The molecule has 1 fully saturated rings. The highest BCUT2D eigenvalue weighted by molar-refractivity contribution is 7.18. The van der Waals surface area contributed by atoms with Crippen molar-refractivity contribution < 1.29 is 27.5 Å². The Morgan fingerprint density at radius 2 is 1.93 bits per heavy atom. The molecule has 29 heavy (non-hydrogen) atoms. The van der Waals surface area contributed by atoms with Crippen LogP contribution in [0.5, 0.6) is 6.01 Å². The average Bonchev–Trinajstić information content (AvgIpc) is 3.07. The van der Waals surface area contributed by atoms with Gasteiger partial charge in [-0.25, -0.2) is 0 Å². The number of aryl methyl sites for hydroxylation is 1. The number of amides is 2. The van der Waals surface area contributed by atoms with E-state index in [2.05, 4.69) is 9.97 Å². The molecule has 8 nitrogen and oxygen atoms in total. The van der Waals surface area contributed by atoms with Crippen molar-refractivity contribution in [2.75, 3.05) is 37.7 Å². The third-order valence-electron chi connectivity index (χ3n) is 4.38. The maximum atomic E-state index is 12.5. The third kappa shape index (κ3) is 5.25. The van der Waals surface area contributed by atoms with Crippen LogP contribution in [0.3, 0.4) is 0 Å². The molecule has 1 saturated heterocycles. The summed E-state index contributed by atoms with van der Waals surface area (Å²) in [5, 5.41) is 0.799. The second-order valence-corrected chi connectivity index (χ2v) is 7.64. The summed E-state index contributed by atoms with van der Waals surface area (Å²) in [5.74, 6) is -1.03. The van der Waals surface area contributed by atoms with E-state index in [4.69, 9.17) is 10.5 Å². The zero-order valence-corrected chi connectivity index (χ0v) is 16.5. The van der Waals surface area contributed by atoms with E-state index < -0.39 is 24.4 Å². The summed E-state index contributed by atoms with van der Waals surface area (Å²) in [6, 6.07) is 1.97. The minimum atomic E-state index is -4.52. The van der Waals surface area contributed by atoms with Crippen LogP contribution in [-0.2, 0) is 16.0 Å². The number of hydrogen-bond donors (Lipinski definition) is 1. The van der Waals surface area contributed by atoms with E-state index in [9.17, 15) is 22.8 Å². The smallest absolute Gasteiger partial charge is 0.397 e. The van der Waals surface area contributed by atoms with E-state index in [-0.39, 0.29) is 25.7 Å². The van der Waals surface area contributed by atoms with E-state index in [1.54, 1.807) is 0 Å². The average molecular weight is 431 g/mol. The number of nitrogens with zero attached hydrogens (tertiary/aromatic N) is 4. The summed E-state index contributed by atoms with van der Waals surface area (Å²) >= 11 is 1.47. The minimum absolute atomic E-state index is 0.00591. The van der Waals surface area contributed by atoms with Crippen molar-refractivity contribution in [3.8, 4) is 6.01 Å². The maximum absolute atomic E-state index is 12.5. The van der Waals surface area contributed by atoms with Crippen molar-refractivity contribution in [1.29, 1.82) is 0 Å². The van der Waals surface area contributed by atoms with Crippen LogP contribution in [0.25, 0.3) is 10.2 Å². The van der Waals surface area contributed by atoms with Crippen LogP contribution in [0.1, 0.15) is 18.2 Å². The van der Waals surface area contributed by atoms with Gasteiger partial charge in [-0.15, -0.1) is 11.3 Å². The van der Waals surface area contributed by atoms with Crippen LogP contribution in [-0.4, -0.2) is 65.6 Å². The summed E-state index contributed by atoms with van der Waals surface area (Å²) in [6.07, 6.45) is -5.18. The Balaban J connectivity index is 1.80. The predicted octanol–water partition coefficient (Wildman–Crippen LogP) is 1.72. The van der Waals surface area contributed by atoms with Crippen molar-refractivity contribution >= 4 is 39.2 Å². The van der Waals surface area contributed by atoms with Crippen LogP contribution in [0.2, 0.25) is 0 Å². The van der Waals surface area contributed by atoms with Crippen molar-refractivity contribution in [3.63, 3.8) is 0 Å². The van der Waals surface area contributed by atoms with Crippen LogP contribution < -0.4 is 15.4 Å². The highest BCUT2D eigenvalue weighted by atomic mass is 32.1. The first kappa shape index (κ1) is 21.1. The molecule has 0 saturated carbocycles. The van der Waals surface area contributed by atoms with Crippen LogP contribution in [0, 0.1) is 0 Å². The molecule has 2 amide bonds. The molecule has 0 unspecified atom stereocenters. The van der Waals surface area contributed by atoms with E-state index in [0.29, 0.717) is 23.7 Å². The lowest BCUT2D eigenvalue weighted by Crippen LogP contribution is -2.49. The molecule has 0 atom stereocenters. The number of halogens is 3. The molecule has 2 aromatic rings. The molecular weight excluding hydrogens is 411 g/mol. The monoisotopic (exact) mass is 431 g/mol. The quantitative estimate of drug-likeness (QED) is 0.747. The van der Waals surface area contributed by atoms with Crippen molar-refractivity contribution in [2.24, 2.45) is 5.73 Å². The molecule has 2 aromatic heterocycles. The van der Waals surface area contributed by atoms with E-state index >= 15 is 0 Å². The van der Waals surface area contributed by atoms with Crippen LogP contribution >= 0.6 is 11.3 Å². The van der Waals surface area contributed by atoms with E-state index in [0.717, 1.165) is 16.7 Å². The molecule has 3 rings (SSSR count). The molecule has 0 bridgehead atoms. The number of nitrogens with two attached hydrogens (primary N) is 1. The number of ether oxygens (including phenoxy) is 1. The van der Waals surface area contributed by atoms with Gasteiger partial charge in [-0.05, 0) is 12.5 Å². The lowest BCUT2D eigenvalue weighted by atomic mass is 10.2. The zero-order valence-electron chi connectivity index (χ0n) is 15.7. The van der Waals surface area contributed by atoms with Gasteiger partial charge in [-0.1, -0.05) is 6.92 Å². The van der Waals surface area contributed by atoms with Gasteiger partial charge >= 0.3 is 12.2 Å². The molecule has 0 spiro atoms. The molecule has 2 N–H and O–H groups in total. The van der Waals surface area contributed by atoms with Gasteiger partial charge in [-0.2, -0.15) is 23.1 Å². The summed E-state index contributed by atoms with van der Waals surface area (Å²) in [5.41, 5.74) is 5.10. The molecule has 3 heterocycles. The fourth-order valence-corrected chi connectivity index (χ4v) is 3.96. The van der Waals surface area contributed by atoms with Gasteiger partial charge in [0.05, 0.1) is 5.39 Å². The normalized spacial score (nSPS) is 15.0. The van der Waals surface area contributed by atoms with Crippen LogP contribution in [0.4, 0.5) is 19.0 Å². The van der Waals surface area contributed by atoms with Crippen molar-refractivity contribution in [1.82, 2.24) is 14.9 Å². The van der Waals surface area contributed by atoms with Gasteiger partial charge in [0.25, 0.3) is 5.91 Å². The molecule has 158 valence electrons. The van der Waals surface area contributed by atoms with Gasteiger partial charge < -0.3 is 20.3 Å². The zero-order chi connectivity index (χ0) is 21.2. The van der Waals surface area contributed by atoms with E-state index in [1.807, 2.05) is 17.9 Å². The molecule has 1 aliphatic heterocycles. The molecule has 0 aliphatic carbocycles. The molecular formula is C17H20F3N5O3S. The number of aromatic nitrogens is 2. The number of hydrogen-bond acceptors (Lipinski definition) is 7. The summed E-state index contributed by atoms with van der Waals surface area (Å²) in [4.78, 5) is 36.4. The number of rotatable bonds is 6. The summed E-state index contributed by atoms with van der Waals surface area (Å²) < 4.78 is 42.7. The highest BCUT2D eigenvalue weighted by Gasteiger charge is 2.34. The fraction of sp³-hybridized carbons (Fsp3) is 0.529.